The van der Waals surface area contributed by atoms with E-state index in [0.717, 1.165) is 50.2 Å². The van der Waals surface area contributed by atoms with Crippen LogP contribution in [0.2, 0.25) is 0 Å². The van der Waals surface area contributed by atoms with Crippen LogP contribution in [0, 0.1) is 17.3 Å². The Morgan fingerprint density at radius 1 is 0.768 bits per heavy atom. The van der Waals surface area contributed by atoms with Gasteiger partial charge in [-0.2, -0.15) is 0 Å². The van der Waals surface area contributed by atoms with Crippen molar-refractivity contribution in [3.05, 3.63) is 59.7 Å². The summed E-state index contributed by atoms with van der Waals surface area (Å²) in [6, 6.07) is 8.61. The number of aliphatic hydroxyl groups is 2. The van der Waals surface area contributed by atoms with Crippen LogP contribution in [-0.2, 0) is 49.3 Å². The first-order valence-corrected chi connectivity index (χ1v) is 22.9. The zero-order valence-electron chi connectivity index (χ0n) is 39.4. The van der Waals surface area contributed by atoms with Gasteiger partial charge in [-0.3, -0.25) is 38.4 Å². The van der Waals surface area contributed by atoms with Crippen molar-refractivity contribution < 1.29 is 57.9 Å². The number of carbonyl (C=O) groups excluding carboxylic acids is 8. The second-order valence-electron chi connectivity index (χ2n) is 18.7. The summed E-state index contributed by atoms with van der Waals surface area (Å²) in [6.07, 6.45) is -1.28. The van der Waals surface area contributed by atoms with E-state index in [1.54, 1.807) is 24.3 Å². The Hall–Kier alpha value is -6.02. The van der Waals surface area contributed by atoms with Crippen molar-refractivity contribution in [2.45, 2.75) is 127 Å². The van der Waals surface area contributed by atoms with Gasteiger partial charge >= 0.3 is 7.12 Å². The van der Waals surface area contributed by atoms with Gasteiger partial charge in [-0.1, -0.05) is 63.6 Å². The van der Waals surface area contributed by atoms with Gasteiger partial charge in [0.2, 0.25) is 29.5 Å². The first kappa shape index (κ1) is 53.9. The quantitative estimate of drug-likeness (QED) is 0.0381. The Bertz CT molecular complexity index is 2220. The van der Waals surface area contributed by atoms with Crippen molar-refractivity contribution in [3.8, 4) is 11.1 Å². The Morgan fingerprint density at radius 3 is 1.94 bits per heavy atom. The van der Waals surface area contributed by atoms with Crippen LogP contribution in [0.4, 0.5) is 0 Å². The second-order valence-corrected chi connectivity index (χ2v) is 18.7. The first-order valence-electron chi connectivity index (χ1n) is 22.9. The van der Waals surface area contributed by atoms with Gasteiger partial charge in [0.05, 0.1) is 37.4 Å². The molecule has 24 heteroatoms. The average molecular weight is 964 g/mol. The van der Waals surface area contributed by atoms with E-state index >= 15 is 0 Å². The molecule has 0 aromatic heterocycles. The Morgan fingerprint density at radius 2 is 1.36 bits per heavy atom. The van der Waals surface area contributed by atoms with Crippen molar-refractivity contribution in [2.24, 2.45) is 40.2 Å². The molecule has 2 aromatic rings. The fourth-order valence-corrected chi connectivity index (χ4v) is 9.09. The minimum atomic E-state index is -1.90. The smallest absolute Gasteiger partial charge is 0.403 e. The highest BCUT2D eigenvalue weighted by Gasteiger charge is 2.68. The standard InChI is InChI=1S/C45H66BN11O12/c1-6-7-8-23-9-11-24(12-10-23)25-13-15-26(16-14-25)37(62)53-29(21-58)39(64)55-35(48)41(66)51-20-33(61)54-34(22(2)59)40(65)56-36(49)42(67)52-28(19-32(47)60)38(63)57-43(50)46-68-31-18-27-17-30(44(27,3)4)45(31,5)69-46/h9-16,22,27-31,34-36,43,58-59H,6-8,17-21,48-50H2,1-5H3,(H2,47,60)(H,51,66)(H,52,67)(H,53,62)(H,54,61)(H,55,64)(H,56,65)(H,57,63)/t22?,27-,28-,29+,30-,31?,34?,35-,36+,43+,45-/m0/s1. The molecule has 0 radical (unpaired) electrons. The van der Waals surface area contributed by atoms with Gasteiger partial charge in [-0.25, -0.2) is 0 Å². The number of amides is 8. The molecule has 376 valence electrons. The molecule has 6 rings (SSSR count). The molecule has 0 spiro atoms. The topological polar surface area (TPSA) is 384 Å². The van der Waals surface area contributed by atoms with E-state index in [1.165, 1.54) is 5.56 Å². The normalized spacial score (nSPS) is 22.9. The van der Waals surface area contributed by atoms with E-state index in [9.17, 15) is 48.6 Å². The van der Waals surface area contributed by atoms with Gasteiger partial charge in [0, 0.05) is 5.56 Å². The molecule has 1 aliphatic heterocycles. The lowest BCUT2D eigenvalue weighted by Gasteiger charge is -2.64. The van der Waals surface area contributed by atoms with Crippen LogP contribution < -0.4 is 60.2 Å². The summed E-state index contributed by atoms with van der Waals surface area (Å²) < 4.78 is 12.4. The monoisotopic (exact) mass is 963 g/mol. The van der Waals surface area contributed by atoms with Crippen molar-refractivity contribution in [1.82, 2.24) is 37.2 Å². The molecule has 8 amide bonds. The number of hydrogen-bond donors (Lipinski definition) is 13. The van der Waals surface area contributed by atoms with Crippen molar-refractivity contribution in [1.29, 1.82) is 0 Å². The molecule has 3 saturated carbocycles. The highest BCUT2D eigenvalue weighted by molar-refractivity contribution is 6.47. The first-order chi connectivity index (χ1) is 32.5. The van der Waals surface area contributed by atoms with Gasteiger partial charge in [0.15, 0.2) is 12.3 Å². The number of carbonyl (C=O) groups is 8. The predicted molar refractivity (Wildman–Crippen MR) is 250 cm³/mol. The summed E-state index contributed by atoms with van der Waals surface area (Å²) in [5.41, 5.74) is 26.0. The number of nitrogens with one attached hydrogen (secondary N) is 7. The molecule has 1 saturated heterocycles. The lowest BCUT2D eigenvalue weighted by atomic mass is 9.43. The van der Waals surface area contributed by atoms with Gasteiger partial charge in [0.25, 0.3) is 17.7 Å². The van der Waals surface area contributed by atoms with E-state index in [0.29, 0.717) is 5.92 Å². The summed E-state index contributed by atoms with van der Waals surface area (Å²) >= 11 is 0. The SMILES string of the molecule is CCCCc1ccc(-c2ccc(C(=O)N[C@H](CO)C(=O)N[C@H](N)C(=O)NCC(=O)NC(C(=O)N[C@@H](N)C(=O)N[C@@H](CC(N)=O)C(=O)N[C@@H](N)B3OC4C[C@@H]5C[C@@H](C5(C)C)[C@]4(C)O3)C(C)O)cc2)cc1. The summed E-state index contributed by atoms with van der Waals surface area (Å²) in [5, 5.41) is 35.8. The molecule has 23 nitrogen and oxygen atoms in total. The van der Waals surface area contributed by atoms with Crippen LogP contribution >= 0.6 is 0 Å². The zero-order chi connectivity index (χ0) is 51.0. The van der Waals surface area contributed by atoms with Crippen molar-refractivity contribution >= 4 is 54.4 Å². The number of unbranched alkanes of at least 4 members (excludes halogenated alkanes) is 1. The molecule has 69 heavy (non-hydrogen) atoms. The van der Waals surface area contributed by atoms with E-state index in [4.69, 9.17) is 32.2 Å². The third kappa shape index (κ3) is 13.2. The largest absolute Gasteiger partial charge is 0.497 e. The maximum absolute atomic E-state index is 13.3. The summed E-state index contributed by atoms with van der Waals surface area (Å²) in [7, 11) is -1.03. The van der Waals surface area contributed by atoms with E-state index in [1.807, 2.05) is 19.1 Å². The number of benzene rings is 2. The fourth-order valence-electron chi connectivity index (χ4n) is 9.09. The molecule has 1 heterocycles. The molecule has 4 fully saturated rings. The van der Waals surface area contributed by atoms with E-state index in [-0.39, 0.29) is 23.0 Å². The number of primary amides is 1. The van der Waals surface area contributed by atoms with Gasteiger partial charge in [0.1, 0.15) is 24.2 Å². The van der Waals surface area contributed by atoms with Crippen LogP contribution in [0.1, 0.15) is 82.6 Å². The summed E-state index contributed by atoms with van der Waals surface area (Å²) in [5.74, 6) is -7.39. The molecule has 11 atom stereocenters. The molecule has 3 aliphatic carbocycles. The number of aliphatic hydroxyl groups excluding tert-OH is 2. The molecule has 2 aromatic carbocycles. The maximum Gasteiger partial charge on any atom is 0.497 e. The third-order valence-electron chi connectivity index (χ3n) is 13.3. The third-order valence-corrected chi connectivity index (χ3v) is 13.3. The fraction of sp³-hybridized carbons (Fsp3) is 0.556. The van der Waals surface area contributed by atoms with Gasteiger partial charge < -0.3 is 79.7 Å². The van der Waals surface area contributed by atoms with Crippen LogP contribution in [0.5, 0.6) is 0 Å². The minimum Gasteiger partial charge on any atom is -0.403 e. The lowest BCUT2D eigenvalue weighted by molar-refractivity contribution is -0.199. The molecule has 3 unspecified atom stereocenters. The minimum absolute atomic E-state index is 0.0476. The molecular weight excluding hydrogens is 897 g/mol. The summed E-state index contributed by atoms with van der Waals surface area (Å²) in [6.45, 7) is 7.90. The van der Waals surface area contributed by atoms with Crippen LogP contribution in [0.3, 0.4) is 0 Å². The zero-order valence-corrected chi connectivity index (χ0v) is 39.4. The molecule has 4 aliphatic rings. The number of rotatable bonds is 23. The molecule has 2 bridgehead atoms. The Kier molecular flexibility index (Phi) is 18.0. The van der Waals surface area contributed by atoms with Crippen molar-refractivity contribution in [3.63, 3.8) is 0 Å². The highest BCUT2D eigenvalue weighted by atomic mass is 16.7. The Balaban J connectivity index is 1.05. The van der Waals surface area contributed by atoms with E-state index in [2.05, 4.69) is 70.1 Å². The number of hydrogen-bond acceptors (Lipinski definition) is 15. The molecular formula is C45H66BN11O12. The van der Waals surface area contributed by atoms with Gasteiger partial charge in [-0.15, -0.1) is 0 Å². The van der Waals surface area contributed by atoms with Crippen LogP contribution in [0.15, 0.2) is 48.5 Å². The lowest BCUT2D eigenvalue weighted by Crippen LogP contribution is -2.65. The van der Waals surface area contributed by atoms with Crippen LogP contribution in [-0.4, -0.2) is 132 Å². The number of aryl methyl sites for hydroxylation is 1. The second kappa shape index (κ2) is 23.1. The Labute approximate surface area is 400 Å². The van der Waals surface area contributed by atoms with Crippen molar-refractivity contribution in [2.75, 3.05) is 13.2 Å². The predicted octanol–water partition coefficient (Wildman–Crippen LogP) is -3.40. The van der Waals surface area contributed by atoms with E-state index < -0.39 is 122 Å². The highest BCUT2D eigenvalue weighted by Crippen LogP contribution is 2.65. The summed E-state index contributed by atoms with van der Waals surface area (Å²) in [4.78, 5) is 103. The van der Waals surface area contributed by atoms with Crippen LogP contribution in [0.25, 0.3) is 11.1 Å². The average Bonchev–Trinajstić information content (AvgIpc) is 3.68. The maximum atomic E-state index is 13.3. The van der Waals surface area contributed by atoms with Gasteiger partial charge in [-0.05, 0) is 85.6 Å². The number of nitrogens with two attached hydrogens (primary N) is 4. The molecule has 17 N–H and O–H groups in total.